The highest BCUT2D eigenvalue weighted by molar-refractivity contribution is 6.05. The molecule has 5 heteroatoms. The van der Waals surface area contributed by atoms with Crippen molar-refractivity contribution in [1.82, 2.24) is 15.1 Å². The SMILES string of the molecule is Cc1ccc(CN2CC(=O)CC2=O)nn1. The van der Waals surface area contributed by atoms with Crippen LogP contribution in [0, 0.1) is 6.92 Å². The van der Waals surface area contributed by atoms with Crippen LogP contribution in [0.4, 0.5) is 0 Å². The van der Waals surface area contributed by atoms with E-state index in [4.69, 9.17) is 0 Å². The molecule has 1 amide bonds. The van der Waals surface area contributed by atoms with Crippen LogP contribution in [0.2, 0.25) is 0 Å². The number of carbonyl (C=O) groups excluding carboxylic acids is 2. The largest absolute Gasteiger partial charge is 0.329 e. The van der Waals surface area contributed by atoms with E-state index in [2.05, 4.69) is 10.2 Å². The van der Waals surface area contributed by atoms with Gasteiger partial charge in [-0.1, -0.05) is 0 Å². The second-order valence-electron chi connectivity index (χ2n) is 3.63. The third-order valence-electron chi connectivity index (χ3n) is 2.27. The van der Waals surface area contributed by atoms with Crippen molar-refractivity contribution in [3.05, 3.63) is 23.5 Å². The average molecular weight is 205 g/mol. The van der Waals surface area contributed by atoms with E-state index >= 15 is 0 Å². The van der Waals surface area contributed by atoms with Gasteiger partial charge >= 0.3 is 0 Å². The summed E-state index contributed by atoms with van der Waals surface area (Å²) < 4.78 is 0. The van der Waals surface area contributed by atoms with Crippen LogP contribution in [0.1, 0.15) is 17.8 Å². The van der Waals surface area contributed by atoms with Crippen LogP contribution in [-0.2, 0) is 16.1 Å². The van der Waals surface area contributed by atoms with Gasteiger partial charge in [0.25, 0.3) is 0 Å². The predicted octanol–water partition coefficient (Wildman–Crippen LogP) is 0.0864. The molecule has 0 bridgehead atoms. The molecule has 0 aromatic carbocycles. The molecule has 78 valence electrons. The molecular weight excluding hydrogens is 194 g/mol. The predicted molar refractivity (Wildman–Crippen MR) is 51.8 cm³/mol. The summed E-state index contributed by atoms with van der Waals surface area (Å²) in [6.45, 7) is 2.42. The van der Waals surface area contributed by atoms with Gasteiger partial charge in [0, 0.05) is 0 Å². The molecule has 1 fully saturated rings. The number of hydrogen-bond donors (Lipinski definition) is 0. The number of nitrogens with zero attached hydrogens (tertiary/aromatic N) is 3. The van der Waals surface area contributed by atoms with Gasteiger partial charge in [-0.25, -0.2) is 0 Å². The molecule has 1 aliphatic rings. The number of aromatic nitrogens is 2. The molecule has 15 heavy (non-hydrogen) atoms. The average Bonchev–Trinajstić information content (AvgIpc) is 2.49. The van der Waals surface area contributed by atoms with Crippen molar-refractivity contribution in [2.75, 3.05) is 6.54 Å². The van der Waals surface area contributed by atoms with Crippen LogP contribution in [0.25, 0.3) is 0 Å². The van der Waals surface area contributed by atoms with E-state index in [1.54, 1.807) is 0 Å². The Bertz CT molecular complexity index is 400. The molecule has 1 aliphatic heterocycles. The van der Waals surface area contributed by atoms with Gasteiger partial charge in [0.2, 0.25) is 5.91 Å². The van der Waals surface area contributed by atoms with Crippen LogP contribution >= 0.6 is 0 Å². The third-order valence-corrected chi connectivity index (χ3v) is 2.27. The minimum absolute atomic E-state index is 0.0271. The molecule has 0 radical (unpaired) electrons. The zero-order valence-electron chi connectivity index (χ0n) is 8.43. The molecule has 0 aliphatic carbocycles. The molecule has 0 atom stereocenters. The van der Waals surface area contributed by atoms with Crippen molar-refractivity contribution < 1.29 is 9.59 Å². The molecule has 0 saturated carbocycles. The van der Waals surface area contributed by atoms with Crippen molar-refractivity contribution in [3.8, 4) is 0 Å². The topological polar surface area (TPSA) is 63.2 Å². The summed E-state index contributed by atoms with van der Waals surface area (Å²) in [6.07, 6.45) is 0.0271. The quantitative estimate of drug-likeness (QED) is 0.642. The van der Waals surface area contributed by atoms with Crippen molar-refractivity contribution in [2.24, 2.45) is 0 Å². The molecule has 0 unspecified atom stereocenters. The van der Waals surface area contributed by atoms with Crippen molar-refractivity contribution >= 4 is 11.7 Å². The summed E-state index contributed by atoms with van der Waals surface area (Å²) in [5.74, 6) is -0.151. The van der Waals surface area contributed by atoms with Crippen molar-refractivity contribution in [2.45, 2.75) is 19.9 Å². The summed E-state index contributed by atoms with van der Waals surface area (Å²) in [7, 11) is 0. The van der Waals surface area contributed by atoms with Crippen LogP contribution in [0.3, 0.4) is 0 Å². The molecule has 0 spiro atoms. The van der Waals surface area contributed by atoms with Crippen molar-refractivity contribution in [1.29, 1.82) is 0 Å². The highest BCUT2D eigenvalue weighted by atomic mass is 16.2. The molecular formula is C10H11N3O2. The summed E-state index contributed by atoms with van der Waals surface area (Å²) in [5.41, 5.74) is 1.55. The van der Waals surface area contributed by atoms with Gasteiger partial charge in [-0.3, -0.25) is 9.59 Å². The standard InChI is InChI=1S/C10H11N3O2/c1-7-2-3-8(12-11-7)5-13-6-9(14)4-10(13)15/h2-3H,4-6H2,1H3. The fourth-order valence-electron chi connectivity index (χ4n) is 1.49. The summed E-state index contributed by atoms with van der Waals surface area (Å²) in [5, 5.41) is 7.84. The Morgan fingerprint density at radius 1 is 1.33 bits per heavy atom. The molecule has 5 nitrogen and oxygen atoms in total. The molecule has 1 aromatic rings. The lowest BCUT2D eigenvalue weighted by molar-refractivity contribution is -0.128. The first kappa shape index (κ1) is 9.76. The number of aryl methyl sites for hydroxylation is 1. The number of amides is 1. The van der Waals surface area contributed by atoms with Gasteiger partial charge in [0.05, 0.1) is 30.9 Å². The second-order valence-corrected chi connectivity index (χ2v) is 3.63. The summed E-state index contributed by atoms with van der Waals surface area (Å²) in [6, 6.07) is 3.66. The number of ketones is 1. The maximum atomic E-state index is 11.3. The first-order chi connectivity index (χ1) is 7.15. The first-order valence-corrected chi connectivity index (χ1v) is 4.74. The fourth-order valence-corrected chi connectivity index (χ4v) is 1.49. The molecule has 1 aromatic heterocycles. The molecule has 0 N–H and O–H groups in total. The molecule has 2 rings (SSSR count). The van der Waals surface area contributed by atoms with Gasteiger partial charge in [-0.2, -0.15) is 10.2 Å². The highest BCUT2D eigenvalue weighted by Gasteiger charge is 2.27. The summed E-state index contributed by atoms with van der Waals surface area (Å²) in [4.78, 5) is 23.8. The maximum absolute atomic E-state index is 11.3. The van der Waals surface area contributed by atoms with E-state index < -0.39 is 0 Å². The van der Waals surface area contributed by atoms with E-state index in [0.717, 1.165) is 5.69 Å². The lowest BCUT2D eigenvalue weighted by Gasteiger charge is -2.12. The number of hydrogen-bond acceptors (Lipinski definition) is 4. The van der Waals surface area contributed by atoms with Crippen LogP contribution in [-0.4, -0.2) is 33.3 Å². The Morgan fingerprint density at radius 2 is 2.13 bits per heavy atom. The number of carbonyl (C=O) groups is 2. The number of likely N-dealkylation sites (tertiary alicyclic amines) is 1. The second kappa shape index (κ2) is 3.76. The van der Waals surface area contributed by atoms with E-state index in [1.165, 1.54) is 4.90 Å². The number of Topliss-reactive ketones (excluding diaryl/α,β-unsaturated/α-hetero) is 1. The minimum atomic E-state index is -0.123. The number of rotatable bonds is 2. The van der Waals surface area contributed by atoms with Crippen LogP contribution < -0.4 is 0 Å². The Balaban J connectivity index is 2.06. The first-order valence-electron chi connectivity index (χ1n) is 4.74. The van der Waals surface area contributed by atoms with Gasteiger partial charge in [0.1, 0.15) is 0 Å². The van der Waals surface area contributed by atoms with E-state index in [0.29, 0.717) is 12.2 Å². The Labute approximate surface area is 87.1 Å². The molecule has 2 heterocycles. The van der Waals surface area contributed by atoms with Gasteiger partial charge in [-0.05, 0) is 19.1 Å². The lowest BCUT2D eigenvalue weighted by Crippen LogP contribution is -2.25. The Morgan fingerprint density at radius 3 is 2.67 bits per heavy atom. The minimum Gasteiger partial charge on any atom is -0.329 e. The van der Waals surface area contributed by atoms with E-state index in [9.17, 15) is 9.59 Å². The van der Waals surface area contributed by atoms with Gasteiger partial charge in [-0.15, -0.1) is 0 Å². The molecule has 1 saturated heterocycles. The monoisotopic (exact) mass is 205 g/mol. The van der Waals surface area contributed by atoms with Crippen LogP contribution in [0.15, 0.2) is 12.1 Å². The zero-order chi connectivity index (χ0) is 10.8. The Hall–Kier alpha value is -1.78. The maximum Gasteiger partial charge on any atom is 0.230 e. The summed E-state index contributed by atoms with van der Waals surface area (Å²) >= 11 is 0. The van der Waals surface area contributed by atoms with E-state index in [-0.39, 0.29) is 24.7 Å². The third kappa shape index (κ3) is 2.18. The van der Waals surface area contributed by atoms with E-state index in [1.807, 2.05) is 19.1 Å². The normalized spacial score (nSPS) is 16.2. The smallest absolute Gasteiger partial charge is 0.230 e. The zero-order valence-corrected chi connectivity index (χ0v) is 8.43. The Kier molecular flexibility index (Phi) is 2.45. The highest BCUT2D eigenvalue weighted by Crippen LogP contribution is 2.10. The van der Waals surface area contributed by atoms with Crippen LogP contribution in [0.5, 0.6) is 0 Å². The van der Waals surface area contributed by atoms with Gasteiger partial charge in [0.15, 0.2) is 5.78 Å². The fraction of sp³-hybridized carbons (Fsp3) is 0.400. The lowest BCUT2D eigenvalue weighted by atomic mass is 10.3. The van der Waals surface area contributed by atoms with Gasteiger partial charge < -0.3 is 4.90 Å². The van der Waals surface area contributed by atoms with Crippen molar-refractivity contribution in [3.63, 3.8) is 0 Å².